The van der Waals surface area contributed by atoms with Gasteiger partial charge in [0.1, 0.15) is 5.60 Å². The van der Waals surface area contributed by atoms with Crippen LogP contribution in [0.1, 0.15) is 32.1 Å². The van der Waals surface area contributed by atoms with Gasteiger partial charge in [-0.3, -0.25) is 4.90 Å². The maximum absolute atomic E-state index is 11.0. The molecule has 0 radical (unpaired) electrons. The lowest BCUT2D eigenvalue weighted by molar-refractivity contribution is -0.134. The normalized spacial score (nSPS) is 27.5. The zero-order valence-corrected chi connectivity index (χ0v) is 17.7. The lowest BCUT2D eigenvalue weighted by atomic mass is 9.83. The number of carbonyl (C=O) groups is 2. The molecule has 1 spiro atoms. The van der Waals surface area contributed by atoms with Gasteiger partial charge in [0, 0.05) is 56.0 Å². The van der Waals surface area contributed by atoms with Gasteiger partial charge in [-0.25, -0.2) is 9.59 Å². The summed E-state index contributed by atoms with van der Waals surface area (Å²) in [6.45, 7) is 4.53. The highest BCUT2D eigenvalue weighted by atomic mass is 16.4. The van der Waals surface area contributed by atoms with Crippen molar-refractivity contribution >= 4 is 17.6 Å². The predicted octanol–water partition coefficient (Wildman–Crippen LogP) is 1.58. The van der Waals surface area contributed by atoms with Gasteiger partial charge in [-0.15, -0.1) is 0 Å². The van der Waals surface area contributed by atoms with Crippen LogP contribution in [0.15, 0.2) is 42.5 Å². The Hall–Kier alpha value is -2.42. The molecule has 2 aliphatic carbocycles. The monoisotopic (exact) mass is 432 g/mol. The highest BCUT2D eigenvalue weighted by Gasteiger charge is 2.75. The standard InChI is InChI=1S/C19H28N2O2.C4H4O4/c22-17-18(9-5-2-6-10-18)19(17,23)15-20-11-13-21(14-12-20)16-7-3-1-4-8-16;5-3(6)1-2-4(7)8/h1,3-4,7-8,17,22-23H,2,5-6,9-15H2;1-2H,(H,5,6)(H,7,8)/b;2-1+/t17?,19-;/m0./s1. The van der Waals surface area contributed by atoms with Gasteiger partial charge in [0.25, 0.3) is 0 Å². The van der Waals surface area contributed by atoms with Crippen LogP contribution >= 0.6 is 0 Å². The van der Waals surface area contributed by atoms with E-state index >= 15 is 0 Å². The molecule has 1 unspecified atom stereocenters. The average molecular weight is 433 g/mol. The molecule has 4 N–H and O–H groups in total. The van der Waals surface area contributed by atoms with Crippen LogP contribution in [0.5, 0.6) is 0 Å². The van der Waals surface area contributed by atoms with Crippen LogP contribution in [0.4, 0.5) is 5.69 Å². The number of β-amino-alcohol motifs (C(OH)–C–C–N with tert-alkyl or cyclic N) is 1. The fourth-order valence-electron chi connectivity index (χ4n) is 5.04. The maximum atomic E-state index is 11.0. The summed E-state index contributed by atoms with van der Waals surface area (Å²) in [4.78, 5) is 23.8. The van der Waals surface area contributed by atoms with Gasteiger partial charge in [0.05, 0.1) is 6.10 Å². The Morgan fingerprint density at radius 1 is 0.935 bits per heavy atom. The van der Waals surface area contributed by atoms with E-state index in [0.29, 0.717) is 18.7 Å². The van der Waals surface area contributed by atoms with Gasteiger partial charge in [-0.2, -0.15) is 0 Å². The molecule has 1 aromatic rings. The van der Waals surface area contributed by atoms with E-state index in [-0.39, 0.29) is 5.41 Å². The zero-order valence-electron chi connectivity index (χ0n) is 17.7. The molecule has 4 rings (SSSR count). The number of benzene rings is 1. The van der Waals surface area contributed by atoms with E-state index in [0.717, 1.165) is 51.9 Å². The SMILES string of the molecule is O=C(O)/C=C/C(=O)O.OC1C2(CCCCC2)[C@]1(O)CN1CCN(c2ccccc2)CC1. The number of anilines is 1. The molecule has 0 aromatic heterocycles. The summed E-state index contributed by atoms with van der Waals surface area (Å²) >= 11 is 0. The molecule has 0 amide bonds. The van der Waals surface area contributed by atoms with Crippen LogP contribution in [0.2, 0.25) is 0 Å². The van der Waals surface area contributed by atoms with E-state index in [1.165, 1.54) is 12.1 Å². The summed E-state index contributed by atoms with van der Waals surface area (Å²) in [5.41, 5.74) is 0.227. The molecule has 1 heterocycles. The van der Waals surface area contributed by atoms with Crippen LogP contribution in [0, 0.1) is 5.41 Å². The average Bonchev–Trinajstić information content (AvgIpc) is 3.20. The van der Waals surface area contributed by atoms with Crippen molar-refractivity contribution in [2.75, 3.05) is 37.6 Å². The Balaban J connectivity index is 0.000000293. The smallest absolute Gasteiger partial charge is 0.328 e. The lowest BCUT2D eigenvalue weighted by Gasteiger charge is -2.38. The third-order valence-electron chi connectivity index (χ3n) is 6.83. The molecule has 8 heteroatoms. The summed E-state index contributed by atoms with van der Waals surface area (Å²) in [7, 11) is 0. The first-order chi connectivity index (χ1) is 14.8. The number of aliphatic carboxylic acids is 2. The summed E-state index contributed by atoms with van der Waals surface area (Å²) < 4.78 is 0. The molecule has 0 bridgehead atoms. The Bertz CT molecular complexity index is 769. The number of nitrogens with zero attached hydrogens (tertiary/aromatic N) is 2. The molecule has 2 saturated carbocycles. The third kappa shape index (κ3) is 5.26. The van der Waals surface area contributed by atoms with Crippen molar-refractivity contribution in [3.05, 3.63) is 42.5 Å². The second-order valence-electron chi connectivity index (χ2n) is 8.65. The molecule has 8 nitrogen and oxygen atoms in total. The quantitative estimate of drug-likeness (QED) is 0.518. The summed E-state index contributed by atoms with van der Waals surface area (Å²) in [5, 5.41) is 37.1. The molecule has 2 atom stereocenters. The number of aliphatic hydroxyl groups is 2. The topological polar surface area (TPSA) is 122 Å². The largest absolute Gasteiger partial charge is 0.478 e. The second kappa shape index (κ2) is 9.80. The molecular weight excluding hydrogens is 400 g/mol. The van der Waals surface area contributed by atoms with Crippen LogP contribution in [0.25, 0.3) is 0 Å². The first-order valence-electron chi connectivity index (χ1n) is 10.9. The minimum Gasteiger partial charge on any atom is -0.478 e. The lowest BCUT2D eigenvalue weighted by Crippen LogP contribution is -2.50. The summed E-state index contributed by atoms with van der Waals surface area (Å²) in [5.74, 6) is -2.51. The van der Waals surface area contributed by atoms with E-state index in [1.54, 1.807) is 0 Å². The Labute approximate surface area is 182 Å². The number of piperazine rings is 1. The van der Waals surface area contributed by atoms with Gasteiger partial charge >= 0.3 is 11.9 Å². The van der Waals surface area contributed by atoms with Crippen LogP contribution in [-0.4, -0.2) is 81.7 Å². The number of carboxylic acid groups (broad SMARTS) is 2. The van der Waals surface area contributed by atoms with Crippen LogP contribution in [0.3, 0.4) is 0 Å². The van der Waals surface area contributed by atoms with E-state index in [4.69, 9.17) is 10.2 Å². The third-order valence-corrected chi connectivity index (χ3v) is 6.83. The molecule has 1 saturated heterocycles. The first-order valence-corrected chi connectivity index (χ1v) is 10.9. The van der Waals surface area contributed by atoms with E-state index < -0.39 is 23.6 Å². The molecule has 3 aliphatic rings. The summed E-state index contributed by atoms with van der Waals surface area (Å²) in [6, 6.07) is 10.5. The van der Waals surface area contributed by atoms with Crippen molar-refractivity contribution in [2.24, 2.45) is 5.41 Å². The van der Waals surface area contributed by atoms with Crippen molar-refractivity contribution in [1.82, 2.24) is 4.90 Å². The Kier molecular flexibility index (Phi) is 7.35. The van der Waals surface area contributed by atoms with E-state index in [9.17, 15) is 19.8 Å². The molecule has 3 fully saturated rings. The van der Waals surface area contributed by atoms with Gasteiger partial charge in [0.2, 0.25) is 0 Å². The van der Waals surface area contributed by atoms with E-state index in [1.807, 2.05) is 6.07 Å². The number of hydrogen-bond acceptors (Lipinski definition) is 6. The highest BCUT2D eigenvalue weighted by Crippen LogP contribution is 2.64. The van der Waals surface area contributed by atoms with Crippen molar-refractivity contribution < 1.29 is 30.0 Å². The minimum atomic E-state index is -1.26. The number of rotatable bonds is 5. The number of para-hydroxylation sites is 1. The second-order valence-corrected chi connectivity index (χ2v) is 8.65. The number of hydrogen-bond donors (Lipinski definition) is 4. The zero-order chi connectivity index (χ0) is 22.5. The molecule has 170 valence electrons. The fraction of sp³-hybridized carbons (Fsp3) is 0.565. The van der Waals surface area contributed by atoms with Crippen molar-refractivity contribution in [3.63, 3.8) is 0 Å². The minimum absolute atomic E-state index is 0.193. The maximum Gasteiger partial charge on any atom is 0.328 e. The highest BCUT2D eigenvalue weighted by molar-refractivity contribution is 5.89. The molecule has 31 heavy (non-hydrogen) atoms. The molecular formula is C23H32N2O6. The Morgan fingerprint density at radius 2 is 1.48 bits per heavy atom. The van der Waals surface area contributed by atoms with Crippen molar-refractivity contribution in [2.45, 2.75) is 43.8 Å². The first kappa shape index (κ1) is 23.2. The summed E-state index contributed by atoms with van der Waals surface area (Å²) in [6.07, 6.45) is 6.15. The molecule has 1 aliphatic heterocycles. The van der Waals surface area contributed by atoms with Crippen LogP contribution < -0.4 is 4.90 Å². The predicted molar refractivity (Wildman–Crippen MR) is 116 cm³/mol. The van der Waals surface area contributed by atoms with Crippen molar-refractivity contribution in [1.29, 1.82) is 0 Å². The van der Waals surface area contributed by atoms with Crippen LogP contribution in [-0.2, 0) is 9.59 Å². The van der Waals surface area contributed by atoms with E-state index in [2.05, 4.69) is 34.1 Å². The van der Waals surface area contributed by atoms with Gasteiger partial charge in [-0.05, 0) is 25.0 Å². The fourth-order valence-corrected chi connectivity index (χ4v) is 5.04. The Morgan fingerprint density at radius 3 is 2.00 bits per heavy atom. The molecule has 1 aromatic carbocycles. The van der Waals surface area contributed by atoms with Gasteiger partial charge in [0.15, 0.2) is 0 Å². The van der Waals surface area contributed by atoms with Crippen molar-refractivity contribution in [3.8, 4) is 0 Å². The number of carboxylic acids is 2. The number of aliphatic hydroxyl groups excluding tert-OH is 1. The van der Waals surface area contributed by atoms with Gasteiger partial charge in [-0.1, -0.05) is 37.5 Å². The van der Waals surface area contributed by atoms with Gasteiger partial charge < -0.3 is 25.3 Å².